The van der Waals surface area contributed by atoms with E-state index in [1.807, 2.05) is 38.1 Å². The van der Waals surface area contributed by atoms with Gasteiger partial charge in [-0.25, -0.2) is 4.68 Å². The summed E-state index contributed by atoms with van der Waals surface area (Å²) in [7, 11) is 0. The van der Waals surface area contributed by atoms with Crippen molar-refractivity contribution in [2.75, 3.05) is 10.6 Å². The van der Waals surface area contributed by atoms with E-state index in [1.54, 1.807) is 16.9 Å². The lowest BCUT2D eigenvalue weighted by molar-refractivity contribution is -0.153. The van der Waals surface area contributed by atoms with Gasteiger partial charge in [0.15, 0.2) is 6.10 Å². The summed E-state index contributed by atoms with van der Waals surface area (Å²) in [6.45, 7) is 5.38. The van der Waals surface area contributed by atoms with Crippen LogP contribution in [0.4, 0.5) is 11.5 Å². The molecule has 0 spiro atoms. The number of anilines is 2. The number of amides is 2. The van der Waals surface area contributed by atoms with Gasteiger partial charge in [-0.05, 0) is 32.9 Å². The maximum absolute atomic E-state index is 12.3. The molecule has 28 heavy (non-hydrogen) atoms. The third kappa shape index (κ3) is 4.53. The first-order valence-electron chi connectivity index (χ1n) is 8.95. The van der Waals surface area contributed by atoms with E-state index in [2.05, 4.69) is 15.7 Å². The molecule has 2 amide bonds. The highest BCUT2D eigenvalue weighted by atomic mass is 32.2. The van der Waals surface area contributed by atoms with Crippen LogP contribution in [-0.4, -0.2) is 38.9 Å². The van der Waals surface area contributed by atoms with Crippen molar-refractivity contribution in [1.29, 1.82) is 0 Å². The highest BCUT2D eigenvalue weighted by Gasteiger charge is 2.30. The number of ether oxygens (including phenoxy) is 1. The second-order valence-electron chi connectivity index (χ2n) is 6.67. The van der Waals surface area contributed by atoms with Gasteiger partial charge in [-0.1, -0.05) is 12.1 Å². The molecule has 0 fully saturated rings. The van der Waals surface area contributed by atoms with Crippen LogP contribution in [0, 0.1) is 0 Å². The number of nitrogens with zero attached hydrogens (tertiary/aromatic N) is 2. The molecule has 3 rings (SSSR count). The number of hydrogen-bond acceptors (Lipinski definition) is 6. The van der Waals surface area contributed by atoms with Crippen LogP contribution >= 0.6 is 11.8 Å². The molecule has 9 heteroatoms. The zero-order valence-electron chi connectivity index (χ0n) is 15.8. The minimum absolute atomic E-state index is 0.0767. The molecule has 2 atom stereocenters. The first-order valence-corrected chi connectivity index (χ1v) is 9.83. The van der Waals surface area contributed by atoms with Crippen molar-refractivity contribution in [3.8, 4) is 0 Å². The zero-order valence-corrected chi connectivity index (χ0v) is 16.7. The fourth-order valence-electron chi connectivity index (χ4n) is 2.73. The Kier molecular flexibility index (Phi) is 6.03. The molecule has 2 N–H and O–H groups in total. The lowest BCUT2D eigenvalue weighted by Gasteiger charge is -2.23. The Balaban J connectivity index is 1.55. The molecule has 1 aromatic carbocycles. The second kappa shape index (κ2) is 8.47. The molecule has 8 nitrogen and oxygen atoms in total. The number of carbonyl (C=O) groups excluding carboxylic acids is 3. The number of esters is 1. The largest absolute Gasteiger partial charge is 0.452 e. The van der Waals surface area contributed by atoms with Crippen LogP contribution in [0.3, 0.4) is 0 Å². The number of thioether (sulfide) groups is 1. The summed E-state index contributed by atoms with van der Waals surface area (Å²) in [6, 6.07) is 9.14. The predicted molar refractivity (Wildman–Crippen MR) is 106 cm³/mol. The average molecular weight is 402 g/mol. The van der Waals surface area contributed by atoms with Crippen molar-refractivity contribution >= 4 is 41.1 Å². The van der Waals surface area contributed by atoms with Crippen molar-refractivity contribution in [1.82, 2.24) is 9.78 Å². The van der Waals surface area contributed by atoms with Crippen LogP contribution in [0.15, 0.2) is 41.4 Å². The van der Waals surface area contributed by atoms with Crippen molar-refractivity contribution < 1.29 is 19.1 Å². The number of carbonyl (C=O) groups is 3. The summed E-state index contributed by atoms with van der Waals surface area (Å²) in [5, 5.41) is 9.03. The van der Waals surface area contributed by atoms with Crippen LogP contribution in [0.25, 0.3) is 0 Å². The molecule has 1 aromatic heterocycles. The number of para-hydroxylation sites is 1. The van der Waals surface area contributed by atoms with E-state index < -0.39 is 23.2 Å². The van der Waals surface area contributed by atoms with Crippen LogP contribution in [-0.2, 0) is 19.1 Å². The van der Waals surface area contributed by atoms with E-state index in [1.165, 1.54) is 18.7 Å². The molecule has 2 heterocycles. The Morgan fingerprint density at radius 2 is 2.04 bits per heavy atom. The quantitative estimate of drug-likeness (QED) is 0.721. The normalized spacial score (nSPS) is 16.9. The summed E-state index contributed by atoms with van der Waals surface area (Å²) in [4.78, 5) is 37.7. The molecule has 0 bridgehead atoms. The van der Waals surface area contributed by atoms with Gasteiger partial charge in [-0.15, -0.1) is 11.8 Å². The first-order chi connectivity index (χ1) is 13.3. The molecular formula is C19H22N4O4S. The topological polar surface area (TPSA) is 102 Å². The Hall–Kier alpha value is -2.81. The van der Waals surface area contributed by atoms with Gasteiger partial charge in [0.2, 0.25) is 5.91 Å². The molecule has 148 valence electrons. The number of benzene rings is 1. The smallest absolute Gasteiger partial charge is 0.308 e. The highest BCUT2D eigenvalue weighted by Crippen LogP contribution is 2.36. The fourth-order valence-corrected chi connectivity index (χ4v) is 3.82. The number of rotatable bonds is 6. The summed E-state index contributed by atoms with van der Waals surface area (Å²) in [5.74, 6) is -0.783. The van der Waals surface area contributed by atoms with Gasteiger partial charge < -0.3 is 15.4 Å². The number of fused-ring (bicyclic) bond motifs is 1. The average Bonchev–Trinajstić information content (AvgIpc) is 3.10. The van der Waals surface area contributed by atoms with Gasteiger partial charge in [0.1, 0.15) is 5.82 Å². The van der Waals surface area contributed by atoms with Gasteiger partial charge in [0, 0.05) is 17.0 Å². The maximum atomic E-state index is 12.3. The van der Waals surface area contributed by atoms with Crippen LogP contribution in [0.5, 0.6) is 0 Å². The number of hydrogen-bond donors (Lipinski definition) is 2. The van der Waals surface area contributed by atoms with E-state index in [9.17, 15) is 14.4 Å². The van der Waals surface area contributed by atoms with Gasteiger partial charge in [0.25, 0.3) is 5.91 Å². The standard InChI is InChI=1S/C19H22N4O4S/c1-11(2)23-16(8-9-20-23)22-18(25)12(3)27-17(24)10-15-19(26)21-13-6-4-5-7-14(13)28-15/h4-9,11-12,15H,10H2,1-3H3,(H,21,26)(H,22,25). The Labute approximate surface area is 167 Å². The molecule has 2 unspecified atom stereocenters. The fraction of sp³-hybridized carbons (Fsp3) is 0.368. The van der Waals surface area contributed by atoms with E-state index in [4.69, 9.17) is 4.74 Å². The Morgan fingerprint density at radius 1 is 1.29 bits per heavy atom. The Bertz CT molecular complexity index is 896. The van der Waals surface area contributed by atoms with E-state index in [0.717, 1.165) is 10.6 Å². The minimum atomic E-state index is -0.994. The van der Waals surface area contributed by atoms with Gasteiger partial charge in [-0.2, -0.15) is 5.10 Å². The van der Waals surface area contributed by atoms with Crippen LogP contribution in [0.2, 0.25) is 0 Å². The molecule has 2 aromatic rings. The summed E-state index contributed by atoms with van der Waals surface area (Å²) < 4.78 is 6.89. The van der Waals surface area contributed by atoms with E-state index in [0.29, 0.717) is 5.82 Å². The van der Waals surface area contributed by atoms with Crippen molar-refractivity contribution in [2.24, 2.45) is 0 Å². The third-order valence-corrected chi connectivity index (χ3v) is 5.42. The molecule has 0 saturated carbocycles. The number of nitrogens with one attached hydrogen (secondary N) is 2. The maximum Gasteiger partial charge on any atom is 0.308 e. The molecule has 0 radical (unpaired) electrons. The first kappa shape index (κ1) is 19.9. The van der Waals surface area contributed by atoms with Gasteiger partial charge in [0.05, 0.1) is 23.6 Å². The lowest BCUT2D eigenvalue weighted by Crippen LogP contribution is -2.34. The minimum Gasteiger partial charge on any atom is -0.452 e. The lowest BCUT2D eigenvalue weighted by atomic mass is 10.2. The summed E-state index contributed by atoms with van der Waals surface area (Å²) in [5.41, 5.74) is 0.733. The molecule has 1 aliphatic heterocycles. The molecule has 0 aliphatic carbocycles. The monoisotopic (exact) mass is 402 g/mol. The van der Waals surface area contributed by atoms with Crippen LogP contribution < -0.4 is 10.6 Å². The van der Waals surface area contributed by atoms with Crippen molar-refractivity contribution in [2.45, 2.75) is 49.5 Å². The summed E-state index contributed by atoms with van der Waals surface area (Å²) in [6.07, 6.45) is 0.474. The van der Waals surface area contributed by atoms with Crippen molar-refractivity contribution in [3.63, 3.8) is 0 Å². The molecular weight excluding hydrogens is 380 g/mol. The predicted octanol–water partition coefficient (Wildman–Crippen LogP) is 2.84. The third-order valence-electron chi connectivity index (χ3n) is 4.15. The van der Waals surface area contributed by atoms with E-state index >= 15 is 0 Å². The van der Waals surface area contributed by atoms with Crippen LogP contribution in [0.1, 0.15) is 33.2 Å². The van der Waals surface area contributed by atoms with E-state index in [-0.39, 0.29) is 18.4 Å². The zero-order chi connectivity index (χ0) is 20.3. The van der Waals surface area contributed by atoms with Gasteiger partial charge in [-0.3, -0.25) is 14.4 Å². The molecule has 1 aliphatic rings. The van der Waals surface area contributed by atoms with Crippen molar-refractivity contribution in [3.05, 3.63) is 36.5 Å². The Morgan fingerprint density at radius 3 is 2.79 bits per heavy atom. The number of aromatic nitrogens is 2. The van der Waals surface area contributed by atoms with Gasteiger partial charge >= 0.3 is 5.97 Å². The second-order valence-corrected chi connectivity index (χ2v) is 7.92. The SMILES string of the molecule is CC(OC(=O)CC1Sc2ccccc2NC1=O)C(=O)Nc1ccnn1C(C)C. The molecule has 0 saturated heterocycles. The summed E-state index contributed by atoms with van der Waals surface area (Å²) >= 11 is 1.31. The highest BCUT2D eigenvalue weighted by molar-refractivity contribution is 8.01.